The van der Waals surface area contributed by atoms with E-state index in [9.17, 15) is 0 Å². The molecule has 0 amide bonds. The van der Waals surface area contributed by atoms with Crippen LogP contribution in [0.4, 0.5) is 0 Å². The van der Waals surface area contributed by atoms with Gasteiger partial charge in [-0.05, 0) is 24.3 Å². The van der Waals surface area contributed by atoms with Crippen LogP contribution in [-0.2, 0) is 5.75 Å². The average Bonchev–Trinajstić information content (AvgIpc) is 3.33. The van der Waals surface area contributed by atoms with Gasteiger partial charge < -0.3 is 13.3 Å². The molecule has 0 unspecified atom stereocenters. The Morgan fingerprint density at radius 1 is 0.913 bits per heavy atom. The topological polar surface area (TPSA) is 78.1 Å². The van der Waals surface area contributed by atoms with Crippen LogP contribution in [0.3, 0.4) is 0 Å². The second-order valence-corrected chi connectivity index (χ2v) is 5.58. The highest BCUT2D eigenvalue weighted by atomic mass is 32.2. The molecule has 7 heteroatoms. The first-order chi connectivity index (χ1) is 11.4. The second kappa shape index (κ2) is 6.13. The van der Waals surface area contributed by atoms with Gasteiger partial charge in [-0.1, -0.05) is 30.0 Å². The third kappa shape index (κ3) is 3.04. The summed E-state index contributed by atoms with van der Waals surface area (Å²) >= 11 is 1.40. The van der Waals surface area contributed by atoms with Crippen LogP contribution in [0.15, 0.2) is 73.5 Å². The average molecular weight is 325 g/mol. The van der Waals surface area contributed by atoms with Gasteiger partial charge in [0.2, 0.25) is 5.89 Å². The largest absolute Gasteiger partial charge is 0.459 e. The summed E-state index contributed by atoms with van der Waals surface area (Å²) in [5, 5.41) is 8.39. The lowest BCUT2D eigenvalue weighted by Gasteiger charge is -1.93. The van der Waals surface area contributed by atoms with E-state index in [1.807, 2.05) is 30.3 Å². The van der Waals surface area contributed by atoms with Crippen molar-refractivity contribution in [1.29, 1.82) is 0 Å². The van der Waals surface area contributed by atoms with Crippen molar-refractivity contribution in [2.75, 3.05) is 0 Å². The molecular weight excluding hydrogens is 314 g/mol. The van der Waals surface area contributed by atoms with Gasteiger partial charge in [0.25, 0.3) is 11.1 Å². The zero-order valence-corrected chi connectivity index (χ0v) is 12.7. The molecule has 0 aliphatic heterocycles. The molecule has 0 aliphatic carbocycles. The van der Waals surface area contributed by atoms with Crippen molar-refractivity contribution in [2.24, 2.45) is 0 Å². The zero-order valence-electron chi connectivity index (χ0n) is 11.9. The first kappa shape index (κ1) is 13.8. The van der Waals surface area contributed by atoms with Crippen LogP contribution in [0, 0.1) is 0 Å². The van der Waals surface area contributed by atoms with E-state index in [-0.39, 0.29) is 0 Å². The number of hydrogen-bond acceptors (Lipinski definition) is 7. The van der Waals surface area contributed by atoms with Gasteiger partial charge in [0.05, 0.1) is 12.0 Å². The van der Waals surface area contributed by atoms with E-state index < -0.39 is 0 Å². The normalized spacial score (nSPS) is 11.0. The molecule has 6 nitrogen and oxygen atoms in total. The van der Waals surface area contributed by atoms with Crippen molar-refractivity contribution in [3.8, 4) is 23.1 Å². The fourth-order valence-electron chi connectivity index (χ4n) is 1.99. The summed E-state index contributed by atoms with van der Waals surface area (Å²) < 4.78 is 16.2. The fourth-order valence-corrected chi connectivity index (χ4v) is 2.63. The van der Waals surface area contributed by atoms with Gasteiger partial charge in [-0.15, -0.1) is 10.2 Å². The first-order valence-electron chi connectivity index (χ1n) is 6.88. The molecule has 0 radical (unpaired) electrons. The molecule has 0 fully saturated rings. The molecule has 0 aliphatic rings. The minimum atomic E-state index is 0.364. The monoisotopic (exact) mass is 325 g/mol. The predicted molar refractivity (Wildman–Crippen MR) is 83.5 cm³/mol. The molecule has 1 aromatic carbocycles. The van der Waals surface area contributed by atoms with Gasteiger partial charge in [-0.25, -0.2) is 4.98 Å². The number of oxazole rings is 1. The van der Waals surface area contributed by atoms with Crippen molar-refractivity contribution >= 4 is 11.8 Å². The molecule has 0 bridgehead atoms. The predicted octanol–water partition coefficient (Wildman–Crippen LogP) is 4.28. The number of hydrogen-bond donors (Lipinski definition) is 0. The quantitative estimate of drug-likeness (QED) is 0.507. The lowest BCUT2D eigenvalue weighted by atomic mass is 10.2. The van der Waals surface area contributed by atoms with Crippen LogP contribution in [0.1, 0.15) is 5.69 Å². The highest BCUT2D eigenvalue weighted by molar-refractivity contribution is 7.98. The molecule has 0 saturated carbocycles. The van der Waals surface area contributed by atoms with Gasteiger partial charge >= 0.3 is 0 Å². The molecule has 0 saturated heterocycles. The van der Waals surface area contributed by atoms with Crippen LogP contribution in [0.2, 0.25) is 0 Å². The van der Waals surface area contributed by atoms with Gasteiger partial charge in [0.1, 0.15) is 6.26 Å². The Morgan fingerprint density at radius 3 is 2.65 bits per heavy atom. The number of nitrogens with zero attached hydrogens (tertiary/aromatic N) is 3. The second-order valence-electron chi connectivity index (χ2n) is 4.65. The Labute approximate surface area is 135 Å². The molecule has 23 heavy (non-hydrogen) atoms. The summed E-state index contributed by atoms with van der Waals surface area (Å²) in [4.78, 5) is 4.46. The fraction of sp³-hybridized carbons (Fsp3) is 0.0625. The molecular formula is C16H11N3O3S. The van der Waals surface area contributed by atoms with Crippen LogP contribution in [0.5, 0.6) is 0 Å². The van der Waals surface area contributed by atoms with Gasteiger partial charge in [0.15, 0.2) is 5.76 Å². The van der Waals surface area contributed by atoms with Gasteiger partial charge in [0, 0.05) is 11.3 Å². The maximum Gasteiger partial charge on any atom is 0.284 e. The lowest BCUT2D eigenvalue weighted by Crippen LogP contribution is -1.82. The van der Waals surface area contributed by atoms with Crippen molar-refractivity contribution in [3.63, 3.8) is 0 Å². The minimum absolute atomic E-state index is 0.364. The molecule has 0 N–H and O–H groups in total. The van der Waals surface area contributed by atoms with Crippen LogP contribution < -0.4 is 0 Å². The standard InChI is InChI=1S/C16H11N3O3S/c1-2-5-11(6-3-1)14-17-12(9-21-14)10-23-16-19-18-15(22-16)13-7-4-8-20-13/h1-9H,10H2. The number of aromatic nitrogens is 3. The third-order valence-electron chi connectivity index (χ3n) is 3.05. The highest BCUT2D eigenvalue weighted by Gasteiger charge is 2.12. The summed E-state index contributed by atoms with van der Waals surface area (Å²) in [7, 11) is 0. The Hall–Kier alpha value is -2.80. The Balaban J connectivity index is 1.43. The molecule has 4 rings (SSSR count). The Morgan fingerprint density at radius 2 is 1.83 bits per heavy atom. The van der Waals surface area contributed by atoms with E-state index in [1.165, 1.54) is 11.8 Å². The van der Waals surface area contributed by atoms with E-state index in [4.69, 9.17) is 13.3 Å². The zero-order chi connectivity index (χ0) is 15.5. The van der Waals surface area contributed by atoms with Crippen molar-refractivity contribution in [3.05, 3.63) is 60.7 Å². The van der Waals surface area contributed by atoms with Crippen molar-refractivity contribution in [1.82, 2.24) is 15.2 Å². The highest BCUT2D eigenvalue weighted by Crippen LogP contribution is 2.26. The maximum atomic E-state index is 5.53. The number of benzene rings is 1. The van der Waals surface area contributed by atoms with Crippen LogP contribution in [-0.4, -0.2) is 15.2 Å². The maximum absolute atomic E-state index is 5.53. The molecule has 4 aromatic rings. The smallest absolute Gasteiger partial charge is 0.284 e. The molecule has 3 aromatic heterocycles. The van der Waals surface area contributed by atoms with Crippen LogP contribution >= 0.6 is 11.8 Å². The van der Waals surface area contributed by atoms with Crippen molar-refractivity contribution in [2.45, 2.75) is 11.0 Å². The molecule has 0 atom stereocenters. The number of thioether (sulfide) groups is 1. The Bertz CT molecular complexity index is 884. The number of rotatable bonds is 5. The Kier molecular flexibility index (Phi) is 3.69. The summed E-state index contributed by atoms with van der Waals surface area (Å²) in [5.74, 6) is 2.10. The molecule has 0 spiro atoms. The summed E-state index contributed by atoms with van der Waals surface area (Å²) in [6.07, 6.45) is 3.20. The van der Waals surface area contributed by atoms with E-state index in [1.54, 1.807) is 24.7 Å². The third-order valence-corrected chi connectivity index (χ3v) is 3.91. The minimum Gasteiger partial charge on any atom is -0.459 e. The SMILES string of the molecule is c1ccc(-c2nc(CSc3nnc(-c4ccco4)o3)co2)cc1. The van der Waals surface area contributed by atoms with E-state index in [0.29, 0.717) is 28.5 Å². The van der Waals surface area contributed by atoms with Gasteiger partial charge in [-0.2, -0.15) is 0 Å². The summed E-state index contributed by atoms with van der Waals surface area (Å²) in [6, 6.07) is 13.3. The van der Waals surface area contributed by atoms with Crippen LogP contribution in [0.25, 0.3) is 23.1 Å². The lowest BCUT2D eigenvalue weighted by molar-refractivity contribution is 0.447. The van der Waals surface area contributed by atoms with E-state index >= 15 is 0 Å². The molecule has 114 valence electrons. The van der Waals surface area contributed by atoms with E-state index in [0.717, 1.165) is 11.3 Å². The summed E-state index contributed by atoms with van der Waals surface area (Å²) in [5.41, 5.74) is 1.76. The van der Waals surface area contributed by atoms with E-state index in [2.05, 4.69) is 15.2 Å². The van der Waals surface area contributed by atoms with Gasteiger partial charge in [-0.3, -0.25) is 0 Å². The first-order valence-corrected chi connectivity index (χ1v) is 7.87. The summed E-state index contributed by atoms with van der Waals surface area (Å²) in [6.45, 7) is 0. The number of furan rings is 1. The van der Waals surface area contributed by atoms with Crippen molar-refractivity contribution < 1.29 is 13.3 Å². The molecule has 3 heterocycles.